The van der Waals surface area contributed by atoms with Crippen molar-refractivity contribution in [3.05, 3.63) is 11.5 Å². The highest BCUT2D eigenvalue weighted by atomic mass is 31.2. The zero-order chi connectivity index (χ0) is 18.6. The van der Waals surface area contributed by atoms with Crippen LogP contribution in [0, 0.1) is 0 Å². The monoisotopic (exact) mass is 379 g/mol. The number of nitrogens with two attached hydrogens (primary N) is 2. The van der Waals surface area contributed by atoms with Crippen molar-refractivity contribution in [2.45, 2.75) is 37.2 Å². The van der Waals surface area contributed by atoms with Crippen molar-refractivity contribution in [3.63, 3.8) is 0 Å². The number of aliphatic hydroxyl groups is 2. The molecule has 13 nitrogen and oxygen atoms in total. The van der Waals surface area contributed by atoms with Crippen LogP contribution < -0.4 is 22.1 Å². The van der Waals surface area contributed by atoms with E-state index in [1.807, 2.05) is 0 Å². The summed E-state index contributed by atoms with van der Waals surface area (Å²) in [4.78, 5) is 24.9. The summed E-state index contributed by atoms with van der Waals surface area (Å²) in [6.07, 6.45) is -3.78. The van der Waals surface area contributed by atoms with E-state index in [4.69, 9.17) is 20.7 Å². The molecule has 9 N–H and O–H groups in total. The molecule has 1 amide bonds. The Morgan fingerprint density at radius 3 is 2.68 bits per heavy atom. The molecule has 3 aliphatic heterocycles. The zero-order valence-corrected chi connectivity index (χ0v) is 13.8. The summed E-state index contributed by atoms with van der Waals surface area (Å²) >= 11 is 0. The van der Waals surface area contributed by atoms with Crippen LogP contribution in [0.25, 0.3) is 0 Å². The van der Waals surface area contributed by atoms with Gasteiger partial charge in [-0.05, 0) is 6.92 Å². The van der Waals surface area contributed by atoms with Gasteiger partial charge in [0.1, 0.15) is 17.8 Å². The topological polar surface area (TPSA) is 211 Å². The lowest BCUT2D eigenvalue weighted by Crippen LogP contribution is -2.76. The van der Waals surface area contributed by atoms with E-state index in [2.05, 4.69) is 20.1 Å². The fraction of sp³-hybridized carbons (Fsp3) is 0.636. The third-order valence-electron chi connectivity index (χ3n) is 3.84. The van der Waals surface area contributed by atoms with E-state index in [0.29, 0.717) is 0 Å². The molecule has 0 aromatic rings. The van der Waals surface area contributed by atoms with E-state index >= 15 is 0 Å². The molecular formula is C11H18N5O8P. The van der Waals surface area contributed by atoms with Gasteiger partial charge in [0, 0.05) is 0 Å². The summed E-state index contributed by atoms with van der Waals surface area (Å²) < 4.78 is 26.5. The number of phosphoric acid groups is 1. The van der Waals surface area contributed by atoms with Crippen LogP contribution in [-0.4, -0.2) is 63.7 Å². The minimum Gasteiger partial charge on any atom is -0.387 e. The van der Waals surface area contributed by atoms with Gasteiger partial charge in [-0.25, -0.2) is 9.56 Å². The maximum Gasteiger partial charge on any atom is 0.472 e. The number of carbonyl (C=O) groups excluding carboxylic acids is 1. The number of fused-ring (bicyclic) bond motifs is 2. The number of ether oxygens (including phenoxy) is 1. The molecule has 2 fully saturated rings. The molecule has 0 aromatic heterocycles. The highest BCUT2D eigenvalue weighted by molar-refractivity contribution is 7.47. The first-order valence-electron chi connectivity index (χ1n) is 7.15. The van der Waals surface area contributed by atoms with E-state index in [1.54, 1.807) is 0 Å². The lowest BCUT2D eigenvalue weighted by molar-refractivity contribution is -0.327. The summed E-state index contributed by atoms with van der Waals surface area (Å²) in [7, 11) is -4.46. The molecule has 2 saturated heterocycles. The molecular weight excluding hydrogens is 361 g/mol. The van der Waals surface area contributed by atoms with Crippen molar-refractivity contribution in [2.75, 3.05) is 6.61 Å². The number of amides is 1. The van der Waals surface area contributed by atoms with Gasteiger partial charge in [-0.2, -0.15) is 0 Å². The largest absolute Gasteiger partial charge is 0.472 e. The summed E-state index contributed by atoms with van der Waals surface area (Å²) in [5, 5.41) is 26.2. The second-order valence-corrected chi connectivity index (χ2v) is 7.18. The molecule has 25 heavy (non-hydrogen) atoms. The molecule has 3 heterocycles. The van der Waals surface area contributed by atoms with Crippen molar-refractivity contribution in [1.82, 2.24) is 10.6 Å². The van der Waals surface area contributed by atoms with Crippen LogP contribution in [0.15, 0.2) is 16.5 Å². The third-order valence-corrected chi connectivity index (χ3v) is 4.81. The Morgan fingerprint density at radius 1 is 1.40 bits per heavy atom. The van der Waals surface area contributed by atoms with Gasteiger partial charge >= 0.3 is 7.82 Å². The lowest BCUT2D eigenvalue weighted by atomic mass is 9.90. The Bertz CT molecular complexity index is 705. The van der Waals surface area contributed by atoms with Crippen LogP contribution in [0.3, 0.4) is 0 Å². The maximum absolute atomic E-state index is 11.6. The Hall–Kier alpha value is -1.73. The SMILES string of the molecule is C/C(N)=N\C1=C(C(N)=O)N[C@@H]2[C@H](N1)O[C@@H]1COP(=O)(O)O[C@@H]1C2(O)O. The number of amidine groups is 1. The fourth-order valence-electron chi connectivity index (χ4n) is 2.81. The van der Waals surface area contributed by atoms with Gasteiger partial charge in [0.15, 0.2) is 18.2 Å². The lowest BCUT2D eigenvalue weighted by Gasteiger charge is -2.52. The van der Waals surface area contributed by atoms with Crippen LogP contribution in [0.5, 0.6) is 0 Å². The number of carbonyl (C=O) groups is 1. The minimum atomic E-state index is -4.46. The molecule has 5 atom stereocenters. The third kappa shape index (κ3) is 3.22. The molecule has 0 bridgehead atoms. The molecule has 0 aromatic carbocycles. The number of aliphatic imine (C=N–C) groups is 1. The van der Waals surface area contributed by atoms with Gasteiger partial charge in [0.2, 0.25) is 5.79 Å². The number of nitrogens with zero attached hydrogens (tertiary/aromatic N) is 1. The smallest absolute Gasteiger partial charge is 0.387 e. The van der Waals surface area contributed by atoms with Gasteiger partial charge < -0.3 is 41.9 Å². The van der Waals surface area contributed by atoms with E-state index in [0.717, 1.165) is 0 Å². The molecule has 1 unspecified atom stereocenters. The average Bonchev–Trinajstić information content (AvgIpc) is 2.46. The zero-order valence-electron chi connectivity index (χ0n) is 12.9. The van der Waals surface area contributed by atoms with Gasteiger partial charge in [0.25, 0.3) is 5.91 Å². The maximum atomic E-state index is 11.6. The predicted octanol–water partition coefficient (Wildman–Crippen LogP) is -3.50. The van der Waals surface area contributed by atoms with Crippen LogP contribution in [0.1, 0.15) is 6.92 Å². The summed E-state index contributed by atoms with van der Waals surface area (Å²) in [5.41, 5.74) is 10.5. The second kappa shape index (κ2) is 5.92. The van der Waals surface area contributed by atoms with Crippen LogP contribution in [-0.2, 0) is 23.1 Å². The average molecular weight is 379 g/mol. The van der Waals surface area contributed by atoms with Crippen molar-refractivity contribution in [3.8, 4) is 0 Å². The quantitative estimate of drug-likeness (QED) is 0.108. The second-order valence-electron chi connectivity index (χ2n) is 5.78. The standard InChI is InChI=1S/C11H18N5O8P/c1-3(12)14-9-5(8(13)17)15-6-10(16-9)23-4-2-22-25(20,21)24-7(4)11(6,18)19/h4,6-7,10,15-16,18-19H,2H2,1H3,(H2,12,14)(H2,13,17)(H,20,21)/t4-,6-,7+,10-/m1/s1. The molecule has 0 radical (unpaired) electrons. The number of hydrogen-bond acceptors (Lipinski definition) is 10. The number of phosphoric ester groups is 1. The predicted molar refractivity (Wildman–Crippen MR) is 80.1 cm³/mol. The highest BCUT2D eigenvalue weighted by Gasteiger charge is 2.61. The fourth-order valence-corrected chi connectivity index (χ4v) is 3.78. The highest BCUT2D eigenvalue weighted by Crippen LogP contribution is 2.52. The summed E-state index contributed by atoms with van der Waals surface area (Å²) in [5.74, 6) is -3.57. The normalized spacial score (nSPS) is 40.4. The number of hydrogen-bond donors (Lipinski definition) is 7. The van der Waals surface area contributed by atoms with Gasteiger partial charge in [-0.3, -0.25) is 13.8 Å². The molecule has 0 spiro atoms. The van der Waals surface area contributed by atoms with Crippen LogP contribution in [0.2, 0.25) is 0 Å². The molecule has 140 valence electrons. The van der Waals surface area contributed by atoms with Crippen LogP contribution >= 0.6 is 7.82 Å². The van der Waals surface area contributed by atoms with Gasteiger partial charge in [0.05, 0.1) is 12.4 Å². The Labute approximate surface area is 141 Å². The van der Waals surface area contributed by atoms with Crippen molar-refractivity contribution in [2.24, 2.45) is 16.5 Å². The Kier molecular flexibility index (Phi) is 4.28. The number of nitrogens with one attached hydrogen (secondary N) is 2. The van der Waals surface area contributed by atoms with Crippen molar-refractivity contribution < 1.29 is 38.3 Å². The van der Waals surface area contributed by atoms with Crippen molar-refractivity contribution >= 4 is 19.6 Å². The molecule has 0 saturated carbocycles. The first-order chi connectivity index (χ1) is 11.5. The Morgan fingerprint density at radius 2 is 2.08 bits per heavy atom. The molecule has 0 aliphatic carbocycles. The van der Waals surface area contributed by atoms with E-state index < -0.39 is 50.6 Å². The first-order valence-corrected chi connectivity index (χ1v) is 8.64. The molecule has 3 aliphatic rings. The van der Waals surface area contributed by atoms with E-state index in [9.17, 15) is 24.5 Å². The van der Waals surface area contributed by atoms with Crippen LogP contribution in [0.4, 0.5) is 0 Å². The van der Waals surface area contributed by atoms with Crippen molar-refractivity contribution in [1.29, 1.82) is 0 Å². The summed E-state index contributed by atoms with van der Waals surface area (Å²) in [6.45, 7) is 1.06. The van der Waals surface area contributed by atoms with Gasteiger partial charge in [-0.15, -0.1) is 0 Å². The number of rotatable bonds is 2. The van der Waals surface area contributed by atoms with E-state index in [-0.39, 0.29) is 17.4 Å². The molecule has 14 heteroatoms. The number of primary amides is 1. The summed E-state index contributed by atoms with van der Waals surface area (Å²) in [6, 6.07) is -1.37. The minimum absolute atomic E-state index is 0.0477. The van der Waals surface area contributed by atoms with E-state index in [1.165, 1.54) is 6.92 Å². The first kappa shape index (κ1) is 18.1. The van der Waals surface area contributed by atoms with Gasteiger partial charge in [-0.1, -0.05) is 0 Å². The molecule has 3 rings (SSSR count). The Balaban J connectivity index is 1.97.